The number of ether oxygens (including phenoxy) is 1. The molecule has 5 heteroatoms. The Labute approximate surface area is 116 Å². The van der Waals surface area contributed by atoms with Crippen molar-refractivity contribution in [2.45, 2.75) is 39.5 Å². The van der Waals surface area contributed by atoms with Crippen molar-refractivity contribution in [3.05, 3.63) is 28.2 Å². The summed E-state index contributed by atoms with van der Waals surface area (Å²) in [6.45, 7) is 6.47. The van der Waals surface area contributed by atoms with Gasteiger partial charge in [-0.25, -0.2) is 0 Å². The van der Waals surface area contributed by atoms with E-state index in [2.05, 4.69) is 35.1 Å². The Morgan fingerprint density at radius 3 is 2.67 bits per heavy atom. The Bertz CT molecular complexity index is 421. The monoisotopic (exact) mass is 314 g/mol. The molecule has 1 unspecified atom stereocenters. The number of rotatable bonds is 6. The summed E-state index contributed by atoms with van der Waals surface area (Å²) >= 11 is 3.43. The van der Waals surface area contributed by atoms with Crippen LogP contribution in [0.1, 0.15) is 26.3 Å². The van der Waals surface area contributed by atoms with Crippen LogP contribution >= 0.6 is 15.9 Å². The molecule has 0 radical (unpaired) electrons. The Kier molecular flexibility index (Phi) is 5.62. The van der Waals surface area contributed by atoms with Gasteiger partial charge in [0, 0.05) is 18.2 Å². The molecule has 1 aromatic carbocycles. The quantitative estimate of drug-likeness (QED) is 0.846. The maximum atomic E-state index is 11.1. The van der Waals surface area contributed by atoms with E-state index in [0.29, 0.717) is 18.3 Å². The lowest BCUT2D eigenvalue weighted by Gasteiger charge is -2.17. The summed E-state index contributed by atoms with van der Waals surface area (Å²) in [4.78, 5) is 11.1. The van der Waals surface area contributed by atoms with Gasteiger partial charge in [0.1, 0.15) is 5.75 Å². The van der Waals surface area contributed by atoms with Crippen LogP contribution in [0.3, 0.4) is 0 Å². The third kappa shape index (κ3) is 4.31. The number of hydrogen-bond donors (Lipinski definition) is 2. The fourth-order valence-corrected chi connectivity index (χ4v) is 1.87. The smallest absolute Gasteiger partial charge is 0.258 e. The molecule has 100 valence electrons. The van der Waals surface area contributed by atoms with Gasteiger partial charge in [-0.05, 0) is 28.9 Å². The highest BCUT2D eigenvalue weighted by Gasteiger charge is 2.15. The second-order valence-electron chi connectivity index (χ2n) is 4.43. The molecule has 0 saturated carbocycles. The maximum absolute atomic E-state index is 11.1. The molecule has 0 aliphatic carbocycles. The van der Waals surface area contributed by atoms with E-state index in [1.165, 1.54) is 0 Å². The number of para-hydroxylation sites is 1. The number of hydrogen-bond acceptors (Lipinski definition) is 3. The minimum absolute atomic E-state index is 0.380. The molecule has 0 aliphatic heterocycles. The molecular weight excluding hydrogens is 296 g/mol. The first-order valence-electron chi connectivity index (χ1n) is 5.88. The molecule has 0 saturated heterocycles. The highest BCUT2D eigenvalue weighted by molar-refractivity contribution is 9.10. The van der Waals surface area contributed by atoms with E-state index in [4.69, 9.17) is 10.5 Å². The Hall–Kier alpha value is -1.07. The molecule has 1 amide bonds. The summed E-state index contributed by atoms with van der Waals surface area (Å²) in [5.74, 6) is 0.186. The summed E-state index contributed by atoms with van der Waals surface area (Å²) in [6.07, 6.45) is -0.651. The average Bonchev–Trinajstić information content (AvgIpc) is 2.29. The molecule has 0 spiro atoms. The van der Waals surface area contributed by atoms with E-state index < -0.39 is 12.0 Å². The SMILES string of the molecule is CC(C)NCc1cccc(Br)c1OC(C)C(N)=O. The normalized spacial score (nSPS) is 12.5. The van der Waals surface area contributed by atoms with Crippen LogP contribution in [0.15, 0.2) is 22.7 Å². The number of amides is 1. The van der Waals surface area contributed by atoms with Crippen LogP contribution in [0.4, 0.5) is 0 Å². The molecular formula is C13H19BrN2O2. The second-order valence-corrected chi connectivity index (χ2v) is 5.28. The molecule has 0 fully saturated rings. The molecule has 18 heavy (non-hydrogen) atoms. The molecule has 1 rings (SSSR count). The summed E-state index contributed by atoms with van der Waals surface area (Å²) in [7, 11) is 0. The highest BCUT2D eigenvalue weighted by atomic mass is 79.9. The average molecular weight is 315 g/mol. The molecule has 1 atom stereocenters. The summed E-state index contributed by atoms with van der Waals surface area (Å²) < 4.78 is 6.43. The van der Waals surface area contributed by atoms with Crippen LogP contribution in [0.5, 0.6) is 5.75 Å². The van der Waals surface area contributed by atoms with Crippen LogP contribution in [-0.2, 0) is 11.3 Å². The van der Waals surface area contributed by atoms with Gasteiger partial charge in [0.05, 0.1) is 4.47 Å². The van der Waals surface area contributed by atoms with Crippen molar-refractivity contribution in [2.24, 2.45) is 5.73 Å². The van der Waals surface area contributed by atoms with E-state index >= 15 is 0 Å². The lowest BCUT2D eigenvalue weighted by atomic mass is 10.2. The van der Waals surface area contributed by atoms with E-state index in [1.54, 1.807) is 6.92 Å². The summed E-state index contributed by atoms with van der Waals surface area (Å²) in [5, 5.41) is 3.31. The summed E-state index contributed by atoms with van der Waals surface area (Å²) in [5.41, 5.74) is 6.20. The number of primary amides is 1. The van der Waals surface area contributed by atoms with Gasteiger partial charge in [0.2, 0.25) is 0 Å². The van der Waals surface area contributed by atoms with Gasteiger partial charge in [-0.15, -0.1) is 0 Å². The summed E-state index contributed by atoms with van der Waals surface area (Å²) in [6, 6.07) is 6.15. The largest absolute Gasteiger partial charge is 0.479 e. The van der Waals surface area contributed by atoms with Gasteiger partial charge in [0.15, 0.2) is 6.10 Å². The lowest BCUT2D eigenvalue weighted by Crippen LogP contribution is -2.31. The van der Waals surface area contributed by atoms with Crippen molar-refractivity contribution in [1.29, 1.82) is 0 Å². The van der Waals surface area contributed by atoms with Crippen molar-refractivity contribution in [1.82, 2.24) is 5.32 Å². The molecule has 4 nitrogen and oxygen atoms in total. The molecule has 0 aliphatic rings. The second kappa shape index (κ2) is 6.75. The zero-order valence-corrected chi connectivity index (χ0v) is 12.5. The van der Waals surface area contributed by atoms with Gasteiger partial charge in [-0.2, -0.15) is 0 Å². The van der Waals surface area contributed by atoms with E-state index in [1.807, 2.05) is 18.2 Å². The van der Waals surface area contributed by atoms with Crippen LogP contribution in [-0.4, -0.2) is 18.1 Å². The van der Waals surface area contributed by atoms with E-state index in [9.17, 15) is 4.79 Å². The Morgan fingerprint density at radius 2 is 2.11 bits per heavy atom. The van der Waals surface area contributed by atoms with Crippen molar-refractivity contribution >= 4 is 21.8 Å². The number of nitrogens with two attached hydrogens (primary N) is 1. The zero-order valence-electron chi connectivity index (χ0n) is 10.9. The highest BCUT2D eigenvalue weighted by Crippen LogP contribution is 2.30. The topological polar surface area (TPSA) is 64.3 Å². The Morgan fingerprint density at radius 1 is 1.44 bits per heavy atom. The van der Waals surface area contributed by atoms with Crippen molar-refractivity contribution < 1.29 is 9.53 Å². The minimum atomic E-state index is -0.651. The van der Waals surface area contributed by atoms with Crippen molar-refractivity contribution in [2.75, 3.05) is 0 Å². The van der Waals surface area contributed by atoms with Crippen LogP contribution in [0.25, 0.3) is 0 Å². The van der Waals surface area contributed by atoms with Gasteiger partial charge in [-0.3, -0.25) is 4.79 Å². The van der Waals surface area contributed by atoms with Crippen molar-refractivity contribution in [3.8, 4) is 5.75 Å². The molecule has 0 bridgehead atoms. The van der Waals surface area contributed by atoms with Crippen molar-refractivity contribution in [3.63, 3.8) is 0 Å². The van der Waals surface area contributed by atoms with Crippen LogP contribution in [0.2, 0.25) is 0 Å². The van der Waals surface area contributed by atoms with E-state index in [0.717, 1.165) is 10.0 Å². The molecule has 1 aromatic rings. The number of carbonyl (C=O) groups excluding carboxylic acids is 1. The molecule has 3 N–H and O–H groups in total. The molecule has 0 heterocycles. The third-order valence-corrected chi connectivity index (χ3v) is 3.07. The van der Waals surface area contributed by atoms with Gasteiger partial charge in [-0.1, -0.05) is 26.0 Å². The van der Waals surface area contributed by atoms with Crippen LogP contribution in [0, 0.1) is 0 Å². The van der Waals surface area contributed by atoms with Gasteiger partial charge < -0.3 is 15.8 Å². The third-order valence-electron chi connectivity index (χ3n) is 2.44. The van der Waals surface area contributed by atoms with Gasteiger partial charge in [0.25, 0.3) is 5.91 Å². The molecule has 0 aromatic heterocycles. The lowest BCUT2D eigenvalue weighted by molar-refractivity contribution is -0.124. The number of benzene rings is 1. The fourth-order valence-electron chi connectivity index (χ4n) is 1.37. The Balaban J connectivity index is 2.89. The first-order chi connectivity index (χ1) is 8.41. The number of carbonyl (C=O) groups is 1. The first-order valence-corrected chi connectivity index (χ1v) is 6.68. The van der Waals surface area contributed by atoms with E-state index in [-0.39, 0.29) is 0 Å². The fraction of sp³-hybridized carbons (Fsp3) is 0.462. The van der Waals surface area contributed by atoms with Gasteiger partial charge >= 0.3 is 0 Å². The number of halogens is 1. The first kappa shape index (κ1) is 15.0. The predicted molar refractivity (Wildman–Crippen MR) is 75.4 cm³/mol. The number of nitrogens with one attached hydrogen (secondary N) is 1. The standard InChI is InChI=1S/C13H19BrN2O2/c1-8(2)16-7-10-5-4-6-11(14)12(10)18-9(3)13(15)17/h4-6,8-9,16H,7H2,1-3H3,(H2,15,17). The maximum Gasteiger partial charge on any atom is 0.258 e. The predicted octanol–water partition coefficient (Wildman–Crippen LogP) is 2.20. The minimum Gasteiger partial charge on any atom is -0.479 e. The zero-order chi connectivity index (χ0) is 13.7. The van der Waals surface area contributed by atoms with Crippen LogP contribution < -0.4 is 15.8 Å².